The highest BCUT2D eigenvalue weighted by Gasteiger charge is 2.35. The second-order valence-electron chi connectivity index (χ2n) is 7.78. The van der Waals surface area contributed by atoms with Crippen LogP contribution in [0.3, 0.4) is 0 Å². The number of hydrogen-bond acceptors (Lipinski definition) is 8. The first kappa shape index (κ1) is 22.9. The molecule has 30 heavy (non-hydrogen) atoms. The molecule has 1 aromatic rings. The molecule has 3 rings (SSSR count). The van der Waals surface area contributed by atoms with Crippen molar-refractivity contribution in [2.24, 2.45) is 0 Å². The average molecular weight is 457 g/mol. The lowest BCUT2D eigenvalue weighted by atomic mass is 10.1. The summed E-state index contributed by atoms with van der Waals surface area (Å²) in [7, 11) is 0. The van der Waals surface area contributed by atoms with E-state index < -0.39 is 11.6 Å². The molecule has 2 saturated heterocycles. The van der Waals surface area contributed by atoms with Gasteiger partial charge >= 0.3 is 0 Å². The van der Waals surface area contributed by atoms with Crippen molar-refractivity contribution in [1.29, 1.82) is 10.5 Å². The zero-order chi connectivity index (χ0) is 22.1. The molecule has 2 unspecified atom stereocenters. The van der Waals surface area contributed by atoms with E-state index in [0.717, 1.165) is 0 Å². The number of rotatable bonds is 6. The minimum absolute atomic E-state index is 0.00274. The summed E-state index contributed by atoms with van der Waals surface area (Å²) in [5.74, 6) is -1.43. The van der Waals surface area contributed by atoms with Crippen LogP contribution in [0.5, 0.6) is 11.5 Å². The number of hydrogen-bond donors (Lipinski definition) is 0. The van der Waals surface area contributed by atoms with Crippen molar-refractivity contribution in [2.45, 2.75) is 51.5 Å². The smallest absolute Gasteiger partial charge is 0.163 e. The van der Waals surface area contributed by atoms with Crippen molar-refractivity contribution in [3.63, 3.8) is 0 Å². The highest BCUT2D eigenvalue weighted by molar-refractivity contribution is 6.44. The van der Waals surface area contributed by atoms with E-state index in [-0.39, 0.29) is 58.1 Å². The van der Waals surface area contributed by atoms with E-state index in [9.17, 15) is 10.5 Å². The van der Waals surface area contributed by atoms with Crippen molar-refractivity contribution < 1.29 is 28.4 Å². The molecule has 0 bridgehead atoms. The minimum Gasteiger partial charge on any atom is -0.488 e. The van der Waals surface area contributed by atoms with Crippen LogP contribution in [0.2, 0.25) is 10.0 Å². The maximum atomic E-state index is 9.65. The zero-order valence-electron chi connectivity index (χ0n) is 17.1. The van der Waals surface area contributed by atoms with Gasteiger partial charge in [-0.05, 0) is 27.7 Å². The fourth-order valence-corrected chi connectivity index (χ4v) is 3.64. The van der Waals surface area contributed by atoms with Crippen LogP contribution in [0.1, 0.15) is 38.8 Å². The number of halogens is 2. The van der Waals surface area contributed by atoms with E-state index in [0.29, 0.717) is 13.2 Å². The molecule has 0 amide bonds. The van der Waals surface area contributed by atoms with Crippen LogP contribution in [-0.4, -0.2) is 50.2 Å². The van der Waals surface area contributed by atoms with Gasteiger partial charge in [-0.2, -0.15) is 10.5 Å². The molecule has 2 heterocycles. The Morgan fingerprint density at radius 3 is 1.47 bits per heavy atom. The molecule has 0 N–H and O–H groups in total. The van der Waals surface area contributed by atoms with Gasteiger partial charge in [0.1, 0.15) is 58.7 Å². The number of benzene rings is 1. The van der Waals surface area contributed by atoms with Gasteiger partial charge in [-0.15, -0.1) is 0 Å². The maximum absolute atomic E-state index is 9.65. The normalized spacial score (nSPS) is 24.3. The SMILES string of the molecule is CC1(C)OCC(COc2c(Cl)c(Cl)c(OCC3COC(C)(C)O3)c(C#N)c2C#N)O1. The van der Waals surface area contributed by atoms with Crippen LogP contribution >= 0.6 is 23.2 Å². The fraction of sp³-hybridized carbons (Fsp3) is 0.600. The Kier molecular flexibility index (Phi) is 6.69. The lowest BCUT2D eigenvalue weighted by Gasteiger charge is -2.20. The van der Waals surface area contributed by atoms with Gasteiger partial charge in [0.2, 0.25) is 0 Å². The first-order valence-electron chi connectivity index (χ1n) is 9.31. The van der Waals surface area contributed by atoms with Crippen LogP contribution < -0.4 is 9.47 Å². The van der Waals surface area contributed by atoms with E-state index in [1.54, 1.807) is 27.7 Å². The quantitative estimate of drug-likeness (QED) is 0.636. The Bertz CT molecular complexity index is 833. The Balaban J connectivity index is 1.81. The number of nitrogens with zero attached hydrogens (tertiary/aromatic N) is 2. The summed E-state index contributed by atoms with van der Waals surface area (Å²) in [6.07, 6.45) is -0.712. The lowest BCUT2D eigenvalue weighted by molar-refractivity contribution is -0.142. The molecule has 8 nitrogen and oxygen atoms in total. The Labute approximate surface area is 185 Å². The van der Waals surface area contributed by atoms with Crippen molar-refractivity contribution in [2.75, 3.05) is 26.4 Å². The summed E-state index contributed by atoms with van der Waals surface area (Å²) in [6, 6.07) is 3.92. The second-order valence-corrected chi connectivity index (χ2v) is 8.54. The van der Waals surface area contributed by atoms with E-state index in [4.69, 9.17) is 51.6 Å². The van der Waals surface area contributed by atoms with Gasteiger partial charge in [0, 0.05) is 0 Å². The summed E-state index contributed by atoms with van der Waals surface area (Å²) in [6.45, 7) is 7.95. The molecule has 2 fully saturated rings. The Morgan fingerprint density at radius 1 is 0.833 bits per heavy atom. The Hall–Kier alpha value is -1.78. The van der Waals surface area contributed by atoms with Crippen molar-refractivity contribution in [3.8, 4) is 23.6 Å². The first-order valence-corrected chi connectivity index (χ1v) is 10.1. The lowest BCUT2D eigenvalue weighted by Crippen LogP contribution is -2.26. The van der Waals surface area contributed by atoms with Crippen molar-refractivity contribution in [3.05, 3.63) is 21.2 Å². The van der Waals surface area contributed by atoms with E-state index in [1.807, 2.05) is 12.1 Å². The van der Waals surface area contributed by atoms with Gasteiger partial charge in [0.25, 0.3) is 0 Å². The minimum atomic E-state index is -0.719. The van der Waals surface area contributed by atoms with Crippen molar-refractivity contribution in [1.82, 2.24) is 0 Å². The zero-order valence-corrected chi connectivity index (χ0v) is 18.6. The third-order valence-electron chi connectivity index (χ3n) is 4.48. The predicted molar refractivity (Wildman–Crippen MR) is 107 cm³/mol. The molecule has 0 saturated carbocycles. The molecule has 2 aliphatic heterocycles. The topological polar surface area (TPSA) is 103 Å². The van der Waals surface area contributed by atoms with Gasteiger partial charge in [-0.25, -0.2) is 0 Å². The van der Waals surface area contributed by atoms with Crippen molar-refractivity contribution >= 4 is 23.2 Å². The number of ether oxygens (including phenoxy) is 6. The predicted octanol–water partition coefficient (Wildman–Crippen LogP) is 3.80. The molecule has 0 aromatic heterocycles. The second kappa shape index (κ2) is 8.76. The first-order chi connectivity index (χ1) is 14.1. The molecular weight excluding hydrogens is 435 g/mol. The summed E-state index contributed by atoms with van der Waals surface area (Å²) in [5.41, 5.74) is -0.131. The summed E-state index contributed by atoms with van der Waals surface area (Å²) in [5, 5.41) is 19.3. The average Bonchev–Trinajstić information content (AvgIpc) is 3.21. The van der Waals surface area contributed by atoms with Gasteiger partial charge in [-0.1, -0.05) is 23.2 Å². The molecular formula is C20H22Cl2N2O6. The third-order valence-corrected chi connectivity index (χ3v) is 5.30. The summed E-state index contributed by atoms with van der Waals surface area (Å²) < 4.78 is 33.8. The van der Waals surface area contributed by atoms with Crippen LogP contribution in [0, 0.1) is 22.7 Å². The molecule has 10 heteroatoms. The van der Waals surface area contributed by atoms with Gasteiger partial charge in [-0.3, -0.25) is 0 Å². The van der Waals surface area contributed by atoms with E-state index in [1.165, 1.54) is 0 Å². The number of nitriles is 2. The highest BCUT2D eigenvalue weighted by Crippen LogP contribution is 2.45. The maximum Gasteiger partial charge on any atom is 0.163 e. The van der Waals surface area contributed by atoms with Gasteiger partial charge < -0.3 is 28.4 Å². The monoisotopic (exact) mass is 456 g/mol. The van der Waals surface area contributed by atoms with Crippen LogP contribution in [0.25, 0.3) is 0 Å². The summed E-state index contributed by atoms with van der Waals surface area (Å²) in [4.78, 5) is 0. The largest absolute Gasteiger partial charge is 0.488 e. The van der Waals surface area contributed by atoms with Crippen LogP contribution in [-0.2, 0) is 18.9 Å². The Morgan fingerprint density at radius 2 is 1.20 bits per heavy atom. The van der Waals surface area contributed by atoms with Crippen LogP contribution in [0.15, 0.2) is 0 Å². The molecule has 2 aliphatic rings. The van der Waals surface area contributed by atoms with Crippen LogP contribution in [0.4, 0.5) is 0 Å². The van der Waals surface area contributed by atoms with E-state index in [2.05, 4.69) is 0 Å². The molecule has 1 aromatic carbocycles. The molecule has 0 radical (unpaired) electrons. The van der Waals surface area contributed by atoms with Gasteiger partial charge in [0.05, 0.1) is 13.2 Å². The molecule has 162 valence electrons. The fourth-order valence-electron chi connectivity index (χ4n) is 3.17. The third kappa shape index (κ3) is 4.92. The molecule has 2 atom stereocenters. The molecule has 0 spiro atoms. The van der Waals surface area contributed by atoms with E-state index >= 15 is 0 Å². The summed E-state index contributed by atoms with van der Waals surface area (Å²) >= 11 is 12.7. The standard InChI is InChI=1S/C20H22Cl2N2O6/c1-19(2)27-9-11(29-19)7-25-17-13(5-23)14(6-24)18(16(22)15(17)21)26-8-12-10-28-20(3,4)30-12/h11-12H,7-10H2,1-4H3. The highest BCUT2D eigenvalue weighted by atomic mass is 35.5. The molecule has 0 aliphatic carbocycles. The van der Waals surface area contributed by atoms with Gasteiger partial charge in [0.15, 0.2) is 23.1 Å².